The smallest absolute Gasteiger partial charge is 0.307 e. The van der Waals surface area contributed by atoms with E-state index in [1.54, 1.807) is 0 Å². The summed E-state index contributed by atoms with van der Waals surface area (Å²) in [5.41, 5.74) is 0. The maximum Gasteiger partial charge on any atom is 0.307 e. The number of rotatable bonds is 3. The van der Waals surface area contributed by atoms with Gasteiger partial charge in [-0.1, -0.05) is 5.92 Å². The zero-order chi connectivity index (χ0) is 7.11. The molecule has 0 unspecified atom stereocenters. The van der Waals surface area contributed by atoms with E-state index in [9.17, 15) is 4.79 Å². The molecular formula is C6H8O2S. The zero-order valence-electron chi connectivity index (χ0n) is 4.96. The van der Waals surface area contributed by atoms with Gasteiger partial charge in [0.15, 0.2) is 6.61 Å². The number of carbonyl (C=O) groups excluding carboxylic acids is 1. The van der Waals surface area contributed by atoms with Crippen LogP contribution in [0, 0.1) is 12.3 Å². The predicted molar refractivity (Wildman–Crippen MR) is 38.3 cm³/mol. The van der Waals surface area contributed by atoms with Crippen LogP contribution in [0.3, 0.4) is 0 Å². The Morgan fingerprint density at radius 1 is 1.78 bits per heavy atom. The van der Waals surface area contributed by atoms with Crippen molar-refractivity contribution in [3.63, 3.8) is 0 Å². The molecule has 0 rings (SSSR count). The molecule has 9 heavy (non-hydrogen) atoms. The van der Waals surface area contributed by atoms with Crippen LogP contribution in [0.2, 0.25) is 0 Å². The minimum absolute atomic E-state index is 0.0621. The van der Waals surface area contributed by atoms with E-state index in [0.717, 1.165) is 0 Å². The third-order valence-electron chi connectivity index (χ3n) is 0.632. The van der Waals surface area contributed by atoms with E-state index in [4.69, 9.17) is 6.42 Å². The first-order valence-corrected chi connectivity index (χ1v) is 3.14. The van der Waals surface area contributed by atoms with Crippen LogP contribution in [0.25, 0.3) is 0 Å². The summed E-state index contributed by atoms with van der Waals surface area (Å²) in [6.07, 6.45) is 5.15. The van der Waals surface area contributed by atoms with Gasteiger partial charge in [0.25, 0.3) is 0 Å². The normalized spacial score (nSPS) is 8.00. The maximum atomic E-state index is 10.4. The predicted octanol–water partition coefficient (Wildman–Crippen LogP) is 0.483. The quantitative estimate of drug-likeness (QED) is 0.354. The van der Waals surface area contributed by atoms with E-state index in [0.29, 0.717) is 12.2 Å². The van der Waals surface area contributed by atoms with Crippen LogP contribution in [0.15, 0.2) is 0 Å². The lowest BCUT2D eigenvalue weighted by Gasteiger charge is -1.95. The molecule has 0 radical (unpaired) electrons. The summed E-state index contributed by atoms with van der Waals surface area (Å²) in [6.45, 7) is 0.0621. The fourth-order valence-electron chi connectivity index (χ4n) is 0.286. The van der Waals surface area contributed by atoms with Crippen LogP contribution >= 0.6 is 12.6 Å². The summed E-state index contributed by atoms with van der Waals surface area (Å²) in [5, 5.41) is 0. The third-order valence-corrected chi connectivity index (χ3v) is 0.856. The van der Waals surface area contributed by atoms with Crippen molar-refractivity contribution in [3.8, 4) is 12.3 Å². The first-order chi connectivity index (χ1) is 4.31. The molecule has 0 aliphatic carbocycles. The summed E-state index contributed by atoms with van der Waals surface area (Å²) in [7, 11) is 0. The van der Waals surface area contributed by atoms with Gasteiger partial charge in [-0.15, -0.1) is 6.42 Å². The van der Waals surface area contributed by atoms with Crippen molar-refractivity contribution in [1.82, 2.24) is 0 Å². The second-order valence-electron chi connectivity index (χ2n) is 1.34. The van der Waals surface area contributed by atoms with E-state index < -0.39 is 0 Å². The molecule has 0 aromatic heterocycles. The molecule has 0 aliphatic rings. The van der Waals surface area contributed by atoms with E-state index in [-0.39, 0.29) is 12.6 Å². The van der Waals surface area contributed by atoms with Crippen molar-refractivity contribution in [3.05, 3.63) is 0 Å². The lowest BCUT2D eigenvalue weighted by Crippen LogP contribution is -2.04. The van der Waals surface area contributed by atoms with Crippen molar-refractivity contribution in [2.75, 3.05) is 12.4 Å². The van der Waals surface area contributed by atoms with Crippen molar-refractivity contribution >= 4 is 18.6 Å². The topological polar surface area (TPSA) is 26.3 Å². The molecular weight excluding hydrogens is 136 g/mol. The first kappa shape index (κ1) is 8.38. The Morgan fingerprint density at radius 2 is 2.44 bits per heavy atom. The van der Waals surface area contributed by atoms with Crippen LogP contribution in [0.5, 0.6) is 0 Å². The van der Waals surface area contributed by atoms with Crippen molar-refractivity contribution in [2.45, 2.75) is 6.42 Å². The molecule has 0 aromatic rings. The molecule has 0 aromatic carbocycles. The Bertz CT molecular complexity index is 126. The number of ether oxygens (including phenoxy) is 1. The van der Waals surface area contributed by atoms with Gasteiger partial charge in [0.1, 0.15) is 0 Å². The van der Waals surface area contributed by atoms with Gasteiger partial charge in [0.05, 0.1) is 6.42 Å². The molecule has 0 heterocycles. The number of thiol groups is 1. The molecule has 0 saturated carbocycles. The number of hydrogen-bond donors (Lipinski definition) is 1. The van der Waals surface area contributed by atoms with Gasteiger partial charge in [-0.3, -0.25) is 4.79 Å². The highest BCUT2D eigenvalue weighted by atomic mass is 32.1. The Hall–Kier alpha value is -0.620. The Labute approximate surface area is 60.0 Å². The zero-order valence-corrected chi connectivity index (χ0v) is 5.86. The first-order valence-electron chi connectivity index (χ1n) is 2.51. The van der Waals surface area contributed by atoms with Gasteiger partial charge in [0, 0.05) is 5.75 Å². The molecule has 0 saturated heterocycles. The number of esters is 1. The van der Waals surface area contributed by atoms with Crippen LogP contribution in [-0.2, 0) is 9.53 Å². The standard InChI is InChI=1S/C6H8O2S/c1-2-4-8-6(7)3-5-9/h1,9H,3-5H2. The van der Waals surface area contributed by atoms with Crippen LogP contribution in [-0.4, -0.2) is 18.3 Å². The van der Waals surface area contributed by atoms with Gasteiger partial charge in [0.2, 0.25) is 0 Å². The molecule has 0 atom stereocenters. The average Bonchev–Trinajstić information content (AvgIpc) is 1.85. The summed E-state index contributed by atoms with van der Waals surface area (Å²) in [4.78, 5) is 10.4. The van der Waals surface area contributed by atoms with Gasteiger partial charge < -0.3 is 4.74 Å². The highest BCUT2D eigenvalue weighted by Gasteiger charge is 1.96. The largest absolute Gasteiger partial charge is 0.452 e. The van der Waals surface area contributed by atoms with E-state index in [2.05, 4.69) is 23.3 Å². The van der Waals surface area contributed by atoms with Crippen LogP contribution in [0.4, 0.5) is 0 Å². The van der Waals surface area contributed by atoms with E-state index in [1.807, 2.05) is 0 Å². The molecule has 2 nitrogen and oxygen atoms in total. The van der Waals surface area contributed by atoms with Crippen LogP contribution in [0.1, 0.15) is 6.42 Å². The van der Waals surface area contributed by atoms with Gasteiger partial charge in [-0.2, -0.15) is 12.6 Å². The van der Waals surface area contributed by atoms with E-state index >= 15 is 0 Å². The SMILES string of the molecule is C#CCOC(=O)CCS. The minimum Gasteiger partial charge on any atom is -0.452 e. The Morgan fingerprint density at radius 3 is 2.89 bits per heavy atom. The molecule has 3 heteroatoms. The lowest BCUT2D eigenvalue weighted by molar-refractivity contribution is -0.141. The Kier molecular flexibility index (Phi) is 5.14. The highest BCUT2D eigenvalue weighted by Crippen LogP contribution is 1.87. The number of carbonyl (C=O) groups is 1. The molecule has 0 N–H and O–H groups in total. The van der Waals surface area contributed by atoms with Gasteiger partial charge in [-0.25, -0.2) is 0 Å². The molecule has 0 amide bonds. The van der Waals surface area contributed by atoms with Crippen molar-refractivity contribution in [1.29, 1.82) is 0 Å². The lowest BCUT2D eigenvalue weighted by atomic mass is 10.5. The molecule has 0 fully saturated rings. The molecule has 50 valence electrons. The molecule has 0 spiro atoms. The number of hydrogen-bond acceptors (Lipinski definition) is 3. The summed E-state index contributed by atoms with van der Waals surface area (Å²) in [5.74, 6) is 2.40. The fraction of sp³-hybridized carbons (Fsp3) is 0.500. The summed E-state index contributed by atoms with van der Waals surface area (Å²) < 4.78 is 4.51. The van der Waals surface area contributed by atoms with Gasteiger partial charge in [-0.05, 0) is 0 Å². The van der Waals surface area contributed by atoms with Crippen molar-refractivity contribution in [2.24, 2.45) is 0 Å². The third kappa shape index (κ3) is 5.25. The van der Waals surface area contributed by atoms with Gasteiger partial charge >= 0.3 is 5.97 Å². The highest BCUT2D eigenvalue weighted by molar-refractivity contribution is 7.80. The van der Waals surface area contributed by atoms with E-state index in [1.165, 1.54) is 0 Å². The maximum absolute atomic E-state index is 10.4. The fourth-order valence-corrected chi connectivity index (χ4v) is 0.468. The molecule has 0 aliphatic heterocycles. The van der Waals surface area contributed by atoms with Crippen molar-refractivity contribution < 1.29 is 9.53 Å². The molecule has 0 bridgehead atoms. The van der Waals surface area contributed by atoms with Crippen LogP contribution < -0.4 is 0 Å². The minimum atomic E-state index is -0.289. The summed E-state index contributed by atoms with van der Waals surface area (Å²) in [6, 6.07) is 0. The second kappa shape index (κ2) is 5.52. The number of terminal acetylenes is 1. The Balaban J connectivity index is 3.19. The second-order valence-corrected chi connectivity index (χ2v) is 1.79. The summed E-state index contributed by atoms with van der Waals surface area (Å²) >= 11 is 3.83. The monoisotopic (exact) mass is 144 g/mol. The average molecular weight is 144 g/mol.